The van der Waals surface area contributed by atoms with Crippen LogP contribution in [0.15, 0.2) is 22.7 Å². The van der Waals surface area contributed by atoms with Crippen LogP contribution in [0, 0.1) is 5.82 Å². The van der Waals surface area contributed by atoms with E-state index >= 15 is 0 Å². The maximum atomic E-state index is 13.3. The van der Waals surface area contributed by atoms with E-state index in [4.69, 9.17) is 5.73 Å². The lowest BCUT2D eigenvalue weighted by molar-refractivity contribution is 0.515. The molecule has 0 amide bonds. The van der Waals surface area contributed by atoms with Crippen LogP contribution >= 0.6 is 27.7 Å². The second-order valence-electron chi connectivity index (χ2n) is 5.34. The number of hydrogen-bond donors (Lipinski definition) is 1. The Morgan fingerprint density at radius 2 is 2.00 bits per heavy atom. The topological polar surface area (TPSA) is 26.0 Å². The molecular weight excluding hydrogens is 325 g/mol. The zero-order valence-electron chi connectivity index (χ0n) is 11.1. The lowest BCUT2D eigenvalue weighted by atomic mass is 10.0. The molecule has 1 aliphatic carbocycles. The number of nitrogens with two attached hydrogens (primary N) is 1. The highest BCUT2D eigenvalue weighted by Gasteiger charge is 2.15. The van der Waals surface area contributed by atoms with E-state index in [1.54, 1.807) is 6.07 Å². The molecule has 4 heteroatoms. The molecule has 0 heterocycles. The molecule has 19 heavy (non-hydrogen) atoms. The van der Waals surface area contributed by atoms with Gasteiger partial charge < -0.3 is 5.73 Å². The van der Waals surface area contributed by atoms with Gasteiger partial charge in [-0.25, -0.2) is 4.39 Å². The van der Waals surface area contributed by atoms with E-state index in [0.717, 1.165) is 27.5 Å². The zero-order valence-corrected chi connectivity index (χ0v) is 13.5. The van der Waals surface area contributed by atoms with Gasteiger partial charge in [-0.05, 0) is 43.0 Å². The van der Waals surface area contributed by atoms with E-state index in [9.17, 15) is 4.39 Å². The Labute approximate surface area is 127 Å². The first-order chi connectivity index (χ1) is 9.13. The molecular formula is C15H21BrFNS. The summed E-state index contributed by atoms with van der Waals surface area (Å²) in [6, 6.07) is 5.12. The predicted octanol–water partition coefficient (Wildman–Crippen LogP) is 4.52. The van der Waals surface area contributed by atoms with E-state index in [0.29, 0.717) is 0 Å². The number of halogens is 2. The molecule has 1 nitrogen and oxygen atoms in total. The minimum atomic E-state index is -0.198. The standard InChI is InChI=1S/C15H21BrFNS/c16-12-6-11(7-13(17)9-12)8-14(18)10-19-15-4-2-1-3-5-15/h6-7,9,14-15H,1-5,8,10,18H2. The van der Waals surface area contributed by atoms with Crippen LogP contribution in [0.2, 0.25) is 0 Å². The van der Waals surface area contributed by atoms with Crippen LogP contribution in [0.4, 0.5) is 4.39 Å². The number of benzene rings is 1. The smallest absolute Gasteiger partial charge is 0.124 e. The minimum absolute atomic E-state index is 0.112. The van der Waals surface area contributed by atoms with Crippen LogP contribution in [-0.2, 0) is 6.42 Å². The van der Waals surface area contributed by atoms with Crippen molar-refractivity contribution in [3.05, 3.63) is 34.1 Å². The Bertz CT molecular complexity index is 387. The quantitative estimate of drug-likeness (QED) is 0.848. The van der Waals surface area contributed by atoms with Gasteiger partial charge in [0.15, 0.2) is 0 Å². The highest BCUT2D eigenvalue weighted by Crippen LogP contribution is 2.28. The van der Waals surface area contributed by atoms with Crippen molar-refractivity contribution in [2.24, 2.45) is 5.73 Å². The highest BCUT2D eigenvalue weighted by atomic mass is 79.9. The van der Waals surface area contributed by atoms with Crippen molar-refractivity contribution in [3.63, 3.8) is 0 Å². The Balaban J connectivity index is 1.78. The normalized spacial score (nSPS) is 18.5. The fraction of sp³-hybridized carbons (Fsp3) is 0.600. The van der Waals surface area contributed by atoms with E-state index in [1.165, 1.54) is 38.2 Å². The first kappa shape index (κ1) is 15.3. The summed E-state index contributed by atoms with van der Waals surface area (Å²) in [5.74, 6) is 0.773. The van der Waals surface area contributed by atoms with Gasteiger partial charge in [-0.2, -0.15) is 11.8 Å². The average molecular weight is 346 g/mol. The van der Waals surface area contributed by atoms with Crippen molar-refractivity contribution in [3.8, 4) is 0 Å². The van der Waals surface area contributed by atoms with Crippen LogP contribution in [-0.4, -0.2) is 17.0 Å². The molecule has 1 fully saturated rings. The number of rotatable bonds is 5. The van der Waals surface area contributed by atoms with Gasteiger partial charge in [0.05, 0.1) is 0 Å². The molecule has 1 atom stereocenters. The molecule has 0 radical (unpaired) electrons. The molecule has 1 aromatic carbocycles. The summed E-state index contributed by atoms with van der Waals surface area (Å²) in [7, 11) is 0. The SMILES string of the molecule is NC(CSC1CCCCC1)Cc1cc(F)cc(Br)c1. The maximum absolute atomic E-state index is 13.3. The average Bonchev–Trinajstić information content (AvgIpc) is 2.36. The summed E-state index contributed by atoms with van der Waals surface area (Å²) in [5.41, 5.74) is 7.14. The van der Waals surface area contributed by atoms with Gasteiger partial charge in [-0.15, -0.1) is 0 Å². The van der Waals surface area contributed by atoms with Gasteiger partial charge in [-0.1, -0.05) is 35.2 Å². The Kier molecular flexibility index (Phi) is 6.17. The molecule has 0 bridgehead atoms. The van der Waals surface area contributed by atoms with Crippen molar-refractivity contribution in [2.45, 2.75) is 49.8 Å². The monoisotopic (exact) mass is 345 g/mol. The zero-order chi connectivity index (χ0) is 13.7. The first-order valence-corrected chi connectivity index (χ1v) is 8.80. The molecule has 2 N–H and O–H groups in total. The molecule has 1 aromatic rings. The predicted molar refractivity (Wildman–Crippen MR) is 85.1 cm³/mol. The summed E-state index contributed by atoms with van der Waals surface area (Å²) < 4.78 is 14.1. The Hall–Kier alpha value is -0.0600. The second kappa shape index (κ2) is 7.65. The fourth-order valence-corrected chi connectivity index (χ4v) is 4.40. The van der Waals surface area contributed by atoms with Gasteiger partial charge in [0, 0.05) is 21.5 Å². The van der Waals surface area contributed by atoms with Crippen molar-refractivity contribution in [1.29, 1.82) is 0 Å². The van der Waals surface area contributed by atoms with E-state index in [1.807, 2.05) is 17.8 Å². The Morgan fingerprint density at radius 1 is 1.26 bits per heavy atom. The second-order valence-corrected chi connectivity index (χ2v) is 7.58. The van der Waals surface area contributed by atoms with Crippen molar-refractivity contribution >= 4 is 27.7 Å². The van der Waals surface area contributed by atoms with Crippen molar-refractivity contribution in [2.75, 3.05) is 5.75 Å². The van der Waals surface area contributed by atoms with Crippen molar-refractivity contribution < 1.29 is 4.39 Å². The van der Waals surface area contributed by atoms with E-state index in [2.05, 4.69) is 15.9 Å². The van der Waals surface area contributed by atoms with E-state index < -0.39 is 0 Å². The summed E-state index contributed by atoms with van der Waals surface area (Å²) in [6.07, 6.45) is 7.54. The molecule has 106 valence electrons. The first-order valence-electron chi connectivity index (χ1n) is 6.95. The van der Waals surface area contributed by atoms with Crippen LogP contribution in [0.5, 0.6) is 0 Å². The van der Waals surface area contributed by atoms with Gasteiger partial charge in [0.25, 0.3) is 0 Å². The van der Waals surface area contributed by atoms with E-state index in [-0.39, 0.29) is 11.9 Å². The fourth-order valence-electron chi connectivity index (χ4n) is 2.58. The maximum Gasteiger partial charge on any atom is 0.124 e. The summed E-state index contributed by atoms with van der Waals surface area (Å²) >= 11 is 5.32. The molecule has 0 spiro atoms. The van der Waals surface area contributed by atoms with Gasteiger partial charge >= 0.3 is 0 Å². The molecule has 1 saturated carbocycles. The lowest BCUT2D eigenvalue weighted by Crippen LogP contribution is -2.27. The molecule has 2 rings (SSSR count). The third-order valence-corrected chi connectivity index (χ3v) is 5.54. The van der Waals surface area contributed by atoms with Gasteiger partial charge in [-0.3, -0.25) is 0 Å². The molecule has 0 aliphatic heterocycles. The largest absolute Gasteiger partial charge is 0.327 e. The van der Waals surface area contributed by atoms with Crippen molar-refractivity contribution in [1.82, 2.24) is 0 Å². The van der Waals surface area contributed by atoms with Crippen LogP contribution in [0.3, 0.4) is 0 Å². The molecule has 0 aromatic heterocycles. The third-order valence-electron chi connectivity index (χ3n) is 3.52. The van der Waals surface area contributed by atoms with Crippen LogP contribution in [0.25, 0.3) is 0 Å². The van der Waals surface area contributed by atoms with Gasteiger partial charge in [0.1, 0.15) is 5.82 Å². The summed E-state index contributed by atoms with van der Waals surface area (Å²) in [5, 5.41) is 0.791. The summed E-state index contributed by atoms with van der Waals surface area (Å²) in [4.78, 5) is 0. The number of thioether (sulfide) groups is 1. The van der Waals surface area contributed by atoms with Gasteiger partial charge in [0.2, 0.25) is 0 Å². The summed E-state index contributed by atoms with van der Waals surface area (Å²) in [6.45, 7) is 0. The molecule has 1 unspecified atom stereocenters. The van der Waals surface area contributed by atoms with Crippen LogP contribution in [0.1, 0.15) is 37.7 Å². The molecule has 1 aliphatic rings. The minimum Gasteiger partial charge on any atom is -0.327 e. The Morgan fingerprint density at radius 3 is 2.68 bits per heavy atom. The molecule has 0 saturated heterocycles. The lowest BCUT2D eigenvalue weighted by Gasteiger charge is -2.22. The highest BCUT2D eigenvalue weighted by molar-refractivity contribution is 9.10. The third kappa shape index (κ3) is 5.44. The number of hydrogen-bond acceptors (Lipinski definition) is 2. The van der Waals surface area contributed by atoms with Crippen LogP contribution < -0.4 is 5.73 Å².